The van der Waals surface area contributed by atoms with E-state index in [1.807, 2.05) is 0 Å². The number of halogens is 1. The molecule has 0 saturated carbocycles. The van der Waals surface area contributed by atoms with E-state index in [4.69, 9.17) is 9.47 Å². The number of pyridine rings is 1. The first-order valence-corrected chi connectivity index (χ1v) is 9.84. The van der Waals surface area contributed by atoms with Gasteiger partial charge in [-0.2, -0.15) is 0 Å². The largest absolute Gasteiger partial charge is 0.494 e. The summed E-state index contributed by atoms with van der Waals surface area (Å²) < 4.78 is 23.3. The molecule has 0 saturated heterocycles. The van der Waals surface area contributed by atoms with E-state index in [2.05, 4.69) is 15.8 Å². The van der Waals surface area contributed by atoms with Gasteiger partial charge in [-0.1, -0.05) is 12.1 Å². The van der Waals surface area contributed by atoms with Crippen molar-refractivity contribution in [2.75, 3.05) is 20.3 Å². The lowest BCUT2D eigenvalue weighted by Crippen LogP contribution is -2.41. The average molecular weight is 439 g/mol. The molecule has 8 nitrogen and oxygen atoms in total. The number of nitrogens with one attached hydrogen (secondary N) is 2. The van der Waals surface area contributed by atoms with E-state index >= 15 is 0 Å². The van der Waals surface area contributed by atoms with Gasteiger partial charge in [0.1, 0.15) is 17.9 Å². The molecule has 0 aliphatic rings. The van der Waals surface area contributed by atoms with Crippen LogP contribution < -0.4 is 15.6 Å². The average Bonchev–Trinajstić information content (AvgIpc) is 2.79. The minimum atomic E-state index is -0.564. The van der Waals surface area contributed by atoms with Gasteiger partial charge in [0.2, 0.25) is 0 Å². The Kier molecular flexibility index (Phi) is 7.45. The highest BCUT2D eigenvalue weighted by Crippen LogP contribution is 2.31. The van der Waals surface area contributed by atoms with Gasteiger partial charge in [0, 0.05) is 11.6 Å². The maximum absolute atomic E-state index is 13.2. The number of esters is 1. The van der Waals surface area contributed by atoms with Crippen LogP contribution in [0.25, 0.3) is 10.9 Å². The molecule has 32 heavy (non-hydrogen) atoms. The van der Waals surface area contributed by atoms with Crippen molar-refractivity contribution in [3.63, 3.8) is 0 Å². The Hall–Kier alpha value is -3.85. The van der Waals surface area contributed by atoms with Crippen molar-refractivity contribution in [2.45, 2.75) is 13.3 Å². The van der Waals surface area contributed by atoms with E-state index in [0.29, 0.717) is 23.6 Å². The van der Waals surface area contributed by atoms with Crippen molar-refractivity contribution in [1.82, 2.24) is 15.8 Å². The summed E-state index contributed by atoms with van der Waals surface area (Å²) in [6.07, 6.45) is 2.65. The molecule has 0 bridgehead atoms. The van der Waals surface area contributed by atoms with Crippen molar-refractivity contribution in [3.05, 3.63) is 70.7 Å². The Balaban J connectivity index is 1.96. The van der Waals surface area contributed by atoms with Gasteiger partial charge >= 0.3 is 5.97 Å². The van der Waals surface area contributed by atoms with Gasteiger partial charge in [-0.3, -0.25) is 24.8 Å². The van der Waals surface area contributed by atoms with Crippen molar-refractivity contribution in [2.24, 2.45) is 0 Å². The Morgan fingerprint density at radius 1 is 1.16 bits per heavy atom. The number of fused-ring (bicyclic) bond motifs is 1. The zero-order valence-electron chi connectivity index (χ0n) is 17.6. The van der Waals surface area contributed by atoms with Crippen LogP contribution in [-0.2, 0) is 16.0 Å². The van der Waals surface area contributed by atoms with Crippen LogP contribution in [0.5, 0.6) is 5.75 Å². The summed E-state index contributed by atoms with van der Waals surface area (Å²) in [5, 5.41) is 0.461. The quantitative estimate of drug-likeness (QED) is 0.300. The number of benzene rings is 2. The molecular formula is C23H22FN3O5. The zero-order chi connectivity index (χ0) is 23.1. The maximum Gasteiger partial charge on any atom is 0.321 e. The molecule has 1 aromatic heterocycles. The second-order valence-electron chi connectivity index (χ2n) is 6.82. The summed E-state index contributed by atoms with van der Waals surface area (Å²) in [5.41, 5.74) is 7.26. The number of ether oxygens (including phenoxy) is 2. The lowest BCUT2D eigenvalue weighted by molar-refractivity contribution is -0.142. The van der Waals surface area contributed by atoms with E-state index in [9.17, 15) is 18.8 Å². The van der Waals surface area contributed by atoms with Gasteiger partial charge < -0.3 is 9.47 Å². The number of carbonyl (C=O) groups is 3. The Morgan fingerprint density at radius 3 is 2.56 bits per heavy atom. The number of nitrogens with zero attached hydrogens (tertiary/aromatic N) is 1. The fourth-order valence-electron chi connectivity index (χ4n) is 3.23. The van der Waals surface area contributed by atoms with Crippen LogP contribution in [0.4, 0.5) is 4.39 Å². The smallest absolute Gasteiger partial charge is 0.321 e. The van der Waals surface area contributed by atoms with Crippen molar-refractivity contribution in [3.8, 4) is 5.75 Å². The highest BCUT2D eigenvalue weighted by atomic mass is 19.1. The Morgan fingerprint density at radius 2 is 1.91 bits per heavy atom. The first-order valence-electron chi connectivity index (χ1n) is 9.84. The molecule has 0 aliphatic heterocycles. The van der Waals surface area contributed by atoms with Gasteiger partial charge in [0.15, 0.2) is 12.0 Å². The number of hydrogen-bond acceptors (Lipinski definition) is 7. The third-order valence-corrected chi connectivity index (χ3v) is 4.65. The molecule has 2 N–H and O–H groups in total. The first-order chi connectivity index (χ1) is 15.5. The zero-order valence-corrected chi connectivity index (χ0v) is 17.6. The fourth-order valence-corrected chi connectivity index (χ4v) is 3.23. The first kappa shape index (κ1) is 22.8. The predicted octanol–water partition coefficient (Wildman–Crippen LogP) is 2.58. The Labute approximate surface area is 183 Å². The van der Waals surface area contributed by atoms with Crippen LogP contribution in [0.3, 0.4) is 0 Å². The number of aldehydes is 1. The van der Waals surface area contributed by atoms with Gasteiger partial charge in [-0.25, -0.2) is 9.82 Å². The van der Waals surface area contributed by atoms with Crippen molar-refractivity contribution in [1.29, 1.82) is 0 Å². The van der Waals surface area contributed by atoms with Crippen LogP contribution in [0.15, 0.2) is 42.6 Å². The van der Waals surface area contributed by atoms with Gasteiger partial charge in [0.05, 0.1) is 24.8 Å². The third kappa shape index (κ3) is 5.25. The highest BCUT2D eigenvalue weighted by molar-refractivity contribution is 6.10. The van der Waals surface area contributed by atoms with E-state index in [0.717, 1.165) is 11.1 Å². The lowest BCUT2D eigenvalue weighted by Gasteiger charge is -2.14. The number of hydrogen-bond donors (Lipinski definition) is 2. The van der Waals surface area contributed by atoms with E-state index in [1.54, 1.807) is 31.3 Å². The number of methoxy groups -OCH3 is 1. The van der Waals surface area contributed by atoms with Gasteiger partial charge in [0.25, 0.3) is 5.91 Å². The topological polar surface area (TPSA) is 107 Å². The van der Waals surface area contributed by atoms with Gasteiger partial charge in [-0.05, 0) is 48.7 Å². The monoisotopic (exact) mass is 439 g/mol. The molecule has 0 aliphatic carbocycles. The van der Waals surface area contributed by atoms with Crippen LogP contribution in [0, 0.1) is 5.82 Å². The minimum absolute atomic E-state index is 0.161. The summed E-state index contributed by atoms with van der Waals surface area (Å²) in [6.45, 7) is 1.68. The maximum atomic E-state index is 13.2. The summed E-state index contributed by atoms with van der Waals surface area (Å²) in [6, 6.07) is 9.25. The van der Waals surface area contributed by atoms with Crippen molar-refractivity contribution < 1.29 is 28.2 Å². The standard InChI is InChI=1S/C23H22FN3O5/c1-3-32-20(29)12-26-27-23(30)19-10-16(13-28)22(31-2)21-18(19)9-15(11-25-21)8-14-4-6-17(24)7-5-14/h4-7,9-11,13,26H,3,8,12H2,1-2H3,(H,27,30). The van der Waals surface area contributed by atoms with Crippen LogP contribution >= 0.6 is 0 Å². The molecule has 1 amide bonds. The second kappa shape index (κ2) is 10.5. The molecule has 0 spiro atoms. The molecule has 0 atom stereocenters. The van der Waals surface area contributed by atoms with Crippen LogP contribution in [0.1, 0.15) is 38.8 Å². The lowest BCUT2D eigenvalue weighted by atomic mass is 9.99. The summed E-state index contributed by atoms with van der Waals surface area (Å²) in [4.78, 5) is 40.3. The molecule has 1 heterocycles. The third-order valence-electron chi connectivity index (χ3n) is 4.65. The van der Waals surface area contributed by atoms with E-state index < -0.39 is 11.9 Å². The molecule has 2 aromatic carbocycles. The molecule has 3 rings (SSSR count). The number of amides is 1. The van der Waals surface area contributed by atoms with Crippen LogP contribution in [0.2, 0.25) is 0 Å². The molecule has 0 unspecified atom stereocenters. The molecule has 0 fully saturated rings. The minimum Gasteiger partial charge on any atom is -0.494 e. The molecule has 166 valence electrons. The number of hydrazine groups is 1. The summed E-state index contributed by atoms with van der Waals surface area (Å²) >= 11 is 0. The predicted molar refractivity (Wildman–Crippen MR) is 115 cm³/mol. The fraction of sp³-hybridized carbons (Fsp3) is 0.217. The number of rotatable bonds is 9. The SMILES string of the molecule is CCOC(=O)CNNC(=O)c1cc(C=O)c(OC)c2ncc(Cc3ccc(F)cc3)cc12. The summed E-state index contributed by atoms with van der Waals surface area (Å²) in [5.74, 6) is -1.17. The highest BCUT2D eigenvalue weighted by Gasteiger charge is 2.19. The van der Waals surface area contributed by atoms with E-state index in [1.165, 1.54) is 25.3 Å². The Bertz CT molecular complexity index is 1150. The van der Waals surface area contributed by atoms with Crippen molar-refractivity contribution >= 4 is 29.1 Å². The second-order valence-corrected chi connectivity index (χ2v) is 6.82. The summed E-state index contributed by atoms with van der Waals surface area (Å²) in [7, 11) is 1.41. The van der Waals surface area contributed by atoms with Gasteiger partial charge in [-0.15, -0.1) is 0 Å². The van der Waals surface area contributed by atoms with E-state index in [-0.39, 0.29) is 35.8 Å². The normalized spacial score (nSPS) is 10.6. The number of aromatic nitrogens is 1. The van der Waals surface area contributed by atoms with Crippen LogP contribution in [-0.4, -0.2) is 43.4 Å². The molecular weight excluding hydrogens is 417 g/mol. The number of carbonyl (C=O) groups excluding carboxylic acids is 3. The molecule has 0 radical (unpaired) electrons. The molecule has 9 heteroatoms. The molecule has 3 aromatic rings.